The van der Waals surface area contributed by atoms with Crippen molar-refractivity contribution < 1.29 is 10.2 Å². The summed E-state index contributed by atoms with van der Waals surface area (Å²) in [4.78, 5) is 0. The van der Waals surface area contributed by atoms with Gasteiger partial charge < -0.3 is 21.3 Å². The van der Waals surface area contributed by atoms with Crippen LogP contribution < -0.4 is 11.1 Å². The molecule has 3 aromatic rings. The lowest BCUT2D eigenvalue weighted by molar-refractivity contribution is 0.472. The molecule has 0 fully saturated rings. The summed E-state index contributed by atoms with van der Waals surface area (Å²) < 4.78 is 0.794. The zero-order valence-corrected chi connectivity index (χ0v) is 15.3. The van der Waals surface area contributed by atoms with Crippen molar-refractivity contribution in [1.82, 2.24) is 0 Å². The van der Waals surface area contributed by atoms with Gasteiger partial charge in [-0.05, 0) is 68.3 Å². The van der Waals surface area contributed by atoms with Gasteiger partial charge in [-0.3, -0.25) is 0 Å². The monoisotopic (exact) mass is 450 g/mol. The van der Waals surface area contributed by atoms with E-state index in [0.717, 1.165) is 5.69 Å². The first kappa shape index (κ1) is 16.5. The minimum Gasteiger partial charge on any atom is -0.506 e. The highest BCUT2D eigenvalue weighted by Gasteiger charge is 2.19. The lowest BCUT2D eigenvalue weighted by Gasteiger charge is -2.16. The molecule has 0 saturated heterocycles. The number of halogens is 2. The molecule has 6 nitrogen and oxygen atoms in total. The Bertz CT molecular complexity index is 959. The van der Waals surface area contributed by atoms with Crippen molar-refractivity contribution in [2.75, 3.05) is 11.1 Å². The van der Waals surface area contributed by atoms with Crippen molar-refractivity contribution in [3.05, 3.63) is 45.3 Å². The minimum atomic E-state index is -0.0957. The van der Waals surface area contributed by atoms with Crippen LogP contribution in [0.1, 0.15) is 0 Å². The van der Waals surface area contributed by atoms with Crippen LogP contribution in [0.4, 0.5) is 22.7 Å². The largest absolute Gasteiger partial charge is 0.506 e. The Balaban J connectivity index is 2.31. The Kier molecular flexibility index (Phi) is 4.33. The van der Waals surface area contributed by atoms with E-state index in [1.54, 1.807) is 30.3 Å². The Morgan fingerprint density at radius 2 is 1.54 bits per heavy atom. The van der Waals surface area contributed by atoms with Crippen molar-refractivity contribution in [2.24, 2.45) is 5.11 Å². The van der Waals surface area contributed by atoms with Crippen molar-refractivity contribution in [3.63, 3.8) is 0 Å². The van der Waals surface area contributed by atoms with E-state index < -0.39 is 0 Å². The molecule has 0 radical (unpaired) electrons. The molecule has 0 aliphatic rings. The number of nitrogen functional groups attached to an aromatic ring is 1. The highest BCUT2D eigenvalue weighted by molar-refractivity contribution is 9.11. The molecule has 8 heteroatoms. The molecular weight excluding hydrogens is 440 g/mol. The molecule has 24 heavy (non-hydrogen) atoms. The molecule has 0 heterocycles. The van der Waals surface area contributed by atoms with E-state index in [9.17, 15) is 10.2 Å². The summed E-state index contributed by atoms with van der Waals surface area (Å²) in [5.41, 5.74) is 15.2. The van der Waals surface area contributed by atoms with Crippen LogP contribution in [0.15, 0.2) is 50.5 Å². The molecule has 0 unspecified atom stereocenters. The van der Waals surface area contributed by atoms with E-state index in [2.05, 4.69) is 42.3 Å². The van der Waals surface area contributed by atoms with Gasteiger partial charge in [0.05, 0.1) is 31.1 Å². The maximum Gasteiger partial charge on any atom is 0.140 e. The van der Waals surface area contributed by atoms with Gasteiger partial charge in [-0.2, -0.15) is 5.11 Å². The first-order chi connectivity index (χ1) is 11.4. The third-order valence-corrected chi connectivity index (χ3v) is 4.76. The minimum absolute atomic E-state index is 0.0573. The quantitative estimate of drug-likeness (QED) is 0.197. The second-order valence-electron chi connectivity index (χ2n) is 5.09. The normalized spacial score (nSPS) is 10.8. The predicted octanol–water partition coefficient (Wildman–Crippen LogP) is 5.76. The van der Waals surface area contributed by atoms with E-state index in [1.165, 1.54) is 6.07 Å². The zero-order chi connectivity index (χ0) is 17.4. The average molecular weight is 452 g/mol. The molecule has 0 saturated carbocycles. The standard InChI is InChI=1S/C16H12Br2N4O2/c17-9-5-11(21-8-3-1-7(19)2-4-8)13-14(16(9)24)12(22-20)6-10(18)15(13)23/h1-6,20-21,23-24H,19H2. The van der Waals surface area contributed by atoms with Gasteiger partial charge in [-0.25, -0.2) is 5.53 Å². The van der Waals surface area contributed by atoms with Crippen molar-refractivity contribution in [3.8, 4) is 11.5 Å². The summed E-state index contributed by atoms with van der Waals surface area (Å²) in [5, 5.41) is 28.1. The molecule has 122 valence electrons. The van der Waals surface area contributed by atoms with Crippen LogP contribution in [0.2, 0.25) is 0 Å². The van der Waals surface area contributed by atoms with Gasteiger partial charge in [0.25, 0.3) is 0 Å². The van der Waals surface area contributed by atoms with Crippen LogP contribution in [-0.2, 0) is 0 Å². The fourth-order valence-electron chi connectivity index (χ4n) is 2.42. The predicted molar refractivity (Wildman–Crippen MR) is 102 cm³/mol. The zero-order valence-electron chi connectivity index (χ0n) is 12.1. The molecule has 0 bridgehead atoms. The fourth-order valence-corrected chi connectivity index (χ4v) is 3.27. The number of hydrogen-bond donors (Lipinski definition) is 5. The number of fused-ring (bicyclic) bond motifs is 1. The fraction of sp³-hybridized carbons (Fsp3) is 0. The summed E-state index contributed by atoms with van der Waals surface area (Å²) in [6, 6.07) is 10.2. The van der Waals surface area contributed by atoms with Crippen LogP contribution in [0, 0.1) is 5.53 Å². The molecule has 6 N–H and O–H groups in total. The van der Waals surface area contributed by atoms with Crippen LogP contribution in [0.5, 0.6) is 11.5 Å². The van der Waals surface area contributed by atoms with Gasteiger partial charge in [-0.15, -0.1) is 0 Å². The number of phenols is 2. The van der Waals surface area contributed by atoms with Crippen molar-refractivity contribution in [1.29, 1.82) is 5.53 Å². The lowest BCUT2D eigenvalue weighted by Crippen LogP contribution is -1.94. The summed E-state index contributed by atoms with van der Waals surface area (Å²) in [6.45, 7) is 0. The summed E-state index contributed by atoms with van der Waals surface area (Å²) >= 11 is 6.54. The number of nitrogens with one attached hydrogen (secondary N) is 2. The number of phenolic OH excluding ortho intramolecular Hbond substituents is 2. The van der Waals surface area contributed by atoms with Gasteiger partial charge in [-0.1, -0.05) is 0 Å². The van der Waals surface area contributed by atoms with Crippen molar-refractivity contribution >= 4 is 65.4 Å². The van der Waals surface area contributed by atoms with Gasteiger partial charge >= 0.3 is 0 Å². The number of nitrogens with two attached hydrogens (primary N) is 1. The number of hydrogen-bond acceptors (Lipinski definition) is 6. The lowest BCUT2D eigenvalue weighted by atomic mass is 10.0. The molecule has 0 amide bonds. The van der Waals surface area contributed by atoms with E-state index in [0.29, 0.717) is 25.7 Å². The van der Waals surface area contributed by atoms with Gasteiger partial charge in [0.2, 0.25) is 0 Å². The highest BCUT2D eigenvalue weighted by Crippen LogP contribution is 2.49. The number of aromatic hydroxyl groups is 2. The Hall–Kier alpha value is -2.32. The molecule has 0 atom stereocenters. The summed E-state index contributed by atoms with van der Waals surface area (Å²) in [6.07, 6.45) is 0. The number of benzene rings is 3. The van der Waals surface area contributed by atoms with Gasteiger partial charge in [0, 0.05) is 11.4 Å². The van der Waals surface area contributed by atoms with Crippen LogP contribution in [-0.4, -0.2) is 10.2 Å². The molecule has 0 aromatic heterocycles. The number of anilines is 3. The third-order valence-electron chi connectivity index (χ3n) is 3.55. The van der Waals surface area contributed by atoms with Gasteiger partial charge in [0.1, 0.15) is 11.5 Å². The SMILES string of the molecule is N=Nc1cc(Br)c(O)c2c(Nc3ccc(N)cc3)cc(Br)c(O)c12. The second kappa shape index (κ2) is 6.29. The third kappa shape index (κ3) is 2.78. The maximum absolute atomic E-state index is 10.5. The maximum atomic E-state index is 10.5. The first-order valence-electron chi connectivity index (χ1n) is 6.79. The summed E-state index contributed by atoms with van der Waals surface area (Å²) in [5.74, 6) is -0.153. The highest BCUT2D eigenvalue weighted by atomic mass is 79.9. The molecule has 3 rings (SSSR count). The molecule has 0 aliphatic carbocycles. The Morgan fingerprint density at radius 1 is 0.958 bits per heavy atom. The second-order valence-corrected chi connectivity index (χ2v) is 6.80. The van der Waals surface area contributed by atoms with Gasteiger partial charge in [0.15, 0.2) is 0 Å². The Morgan fingerprint density at radius 3 is 2.17 bits per heavy atom. The van der Waals surface area contributed by atoms with E-state index in [4.69, 9.17) is 11.3 Å². The molecule has 0 aliphatic heterocycles. The first-order valence-corrected chi connectivity index (χ1v) is 8.37. The van der Waals surface area contributed by atoms with E-state index in [-0.39, 0.29) is 22.6 Å². The van der Waals surface area contributed by atoms with E-state index in [1.807, 2.05) is 0 Å². The molecular formula is C16H12Br2N4O2. The van der Waals surface area contributed by atoms with Crippen LogP contribution in [0.25, 0.3) is 10.8 Å². The summed E-state index contributed by atoms with van der Waals surface area (Å²) in [7, 11) is 0. The number of rotatable bonds is 3. The molecule has 0 spiro atoms. The van der Waals surface area contributed by atoms with Crippen LogP contribution >= 0.6 is 31.9 Å². The van der Waals surface area contributed by atoms with Crippen molar-refractivity contribution in [2.45, 2.75) is 0 Å². The Labute approximate surface area is 154 Å². The van der Waals surface area contributed by atoms with E-state index >= 15 is 0 Å². The van der Waals surface area contributed by atoms with Crippen LogP contribution in [0.3, 0.4) is 0 Å². The smallest absolute Gasteiger partial charge is 0.140 e. The average Bonchev–Trinajstić information content (AvgIpc) is 2.56. The molecule has 3 aromatic carbocycles. The number of nitrogens with zero attached hydrogens (tertiary/aromatic N) is 1. The topological polar surface area (TPSA) is 115 Å².